The molecule has 1 aromatic rings. The van der Waals surface area contributed by atoms with Crippen molar-refractivity contribution in [2.24, 2.45) is 0 Å². The molecule has 0 fully saturated rings. The van der Waals surface area contributed by atoms with Crippen molar-refractivity contribution in [3.63, 3.8) is 0 Å². The van der Waals surface area contributed by atoms with Crippen molar-refractivity contribution in [3.8, 4) is 0 Å². The number of rotatable bonds is 1. The fourth-order valence-corrected chi connectivity index (χ4v) is 2.84. The summed E-state index contributed by atoms with van der Waals surface area (Å²) in [5.41, 5.74) is 2.66. The molecule has 0 bridgehead atoms. The number of hydrogen-bond acceptors (Lipinski definition) is 2. The number of nitrogens with one attached hydrogen (secondary N) is 1. The average molecular weight is 193 g/mol. The lowest BCUT2D eigenvalue weighted by molar-refractivity contribution is 0.0981. The second kappa shape index (κ2) is 2.70. The third-order valence-corrected chi connectivity index (χ3v) is 3.52. The van der Waals surface area contributed by atoms with Crippen LogP contribution in [0.2, 0.25) is 0 Å². The summed E-state index contributed by atoms with van der Waals surface area (Å²) in [7, 11) is 0. The highest BCUT2D eigenvalue weighted by Gasteiger charge is 2.28. The summed E-state index contributed by atoms with van der Waals surface area (Å²) in [5, 5.41) is 2.75. The molecule has 0 saturated heterocycles. The molecule has 2 rings (SSSR count). The Morgan fingerprint density at radius 2 is 2.15 bits per heavy atom. The van der Waals surface area contributed by atoms with Crippen molar-refractivity contribution in [3.05, 3.63) is 27.5 Å². The summed E-state index contributed by atoms with van der Waals surface area (Å²) < 4.78 is 0. The van der Waals surface area contributed by atoms with Crippen molar-refractivity contribution < 1.29 is 4.79 Å². The van der Waals surface area contributed by atoms with E-state index in [2.05, 4.69) is 18.8 Å². The zero-order valence-corrected chi connectivity index (χ0v) is 8.55. The number of hydrogen-bond donors (Lipinski definition) is 1. The quantitative estimate of drug-likeness (QED) is 0.728. The fraction of sp³-hybridized carbons (Fsp3) is 0.300. The Labute approximate surface area is 81.3 Å². The molecule has 0 aromatic carbocycles. The number of aryl methyl sites for hydroxylation is 2. The smallest absolute Gasteiger partial charge is 0.257 e. The van der Waals surface area contributed by atoms with Crippen LogP contribution in [0.3, 0.4) is 0 Å². The predicted molar refractivity (Wildman–Crippen MR) is 54.9 cm³/mol. The van der Waals surface area contributed by atoms with E-state index in [1.54, 1.807) is 11.3 Å². The maximum Gasteiger partial charge on any atom is 0.257 e. The molecule has 13 heavy (non-hydrogen) atoms. The number of carbonyl (C=O) groups is 1. The van der Waals surface area contributed by atoms with Crippen molar-refractivity contribution in [2.75, 3.05) is 0 Å². The number of amides is 1. The van der Waals surface area contributed by atoms with Crippen LogP contribution < -0.4 is 5.32 Å². The molecule has 1 N–H and O–H groups in total. The standard InChI is InChI=1S/C10H11NOS/c1-4-7-8-5(2)11-10(12)9(8)6(3)13-7/h2,4H2,1,3H3,(H,11,12). The van der Waals surface area contributed by atoms with Gasteiger partial charge in [-0.15, -0.1) is 11.3 Å². The topological polar surface area (TPSA) is 29.1 Å². The lowest BCUT2D eigenvalue weighted by atomic mass is 10.1. The van der Waals surface area contributed by atoms with Gasteiger partial charge in [-0.1, -0.05) is 13.5 Å². The molecule has 3 heteroatoms. The van der Waals surface area contributed by atoms with Gasteiger partial charge in [-0.05, 0) is 13.3 Å². The first-order valence-electron chi connectivity index (χ1n) is 4.28. The van der Waals surface area contributed by atoms with Crippen LogP contribution in [0.1, 0.15) is 32.6 Å². The third kappa shape index (κ3) is 1.04. The molecule has 1 aromatic heterocycles. The van der Waals surface area contributed by atoms with Gasteiger partial charge in [-0.3, -0.25) is 4.79 Å². The molecule has 0 spiro atoms. The highest BCUT2D eigenvalue weighted by Crippen LogP contribution is 2.35. The lowest BCUT2D eigenvalue weighted by Crippen LogP contribution is -2.12. The largest absolute Gasteiger partial charge is 0.322 e. The van der Waals surface area contributed by atoms with E-state index in [4.69, 9.17) is 0 Å². The SMILES string of the molecule is C=C1NC(=O)c2c(C)sc(CC)c21. The molecule has 2 heterocycles. The molecule has 68 valence electrons. The zero-order valence-electron chi connectivity index (χ0n) is 7.73. The van der Waals surface area contributed by atoms with Crippen LogP contribution in [0, 0.1) is 6.92 Å². The van der Waals surface area contributed by atoms with Gasteiger partial charge in [0.1, 0.15) is 0 Å². The van der Waals surface area contributed by atoms with Gasteiger partial charge < -0.3 is 5.32 Å². The van der Waals surface area contributed by atoms with E-state index in [0.29, 0.717) is 0 Å². The zero-order chi connectivity index (χ0) is 9.59. The maximum atomic E-state index is 11.5. The van der Waals surface area contributed by atoms with Crippen molar-refractivity contribution in [2.45, 2.75) is 20.3 Å². The van der Waals surface area contributed by atoms with Gasteiger partial charge in [0.2, 0.25) is 0 Å². The van der Waals surface area contributed by atoms with E-state index in [-0.39, 0.29) is 5.91 Å². The van der Waals surface area contributed by atoms with Crippen molar-refractivity contribution >= 4 is 22.9 Å². The Bertz CT molecular complexity index is 403. The molecule has 0 atom stereocenters. The number of thiophene rings is 1. The van der Waals surface area contributed by atoms with Gasteiger partial charge in [0.25, 0.3) is 5.91 Å². The fourth-order valence-electron chi connectivity index (χ4n) is 1.71. The van der Waals surface area contributed by atoms with Gasteiger partial charge in [0.05, 0.1) is 5.56 Å². The minimum Gasteiger partial charge on any atom is -0.322 e. The molecule has 0 aliphatic carbocycles. The van der Waals surface area contributed by atoms with Gasteiger partial charge >= 0.3 is 0 Å². The van der Waals surface area contributed by atoms with Gasteiger partial charge in [0, 0.05) is 21.0 Å². The predicted octanol–water partition coefficient (Wildman–Crippen LogP) is 2.33. The molecule has 0 radical (unpaired) electrons. The van der Waals surface area contributed by atoms with E-state index < -0.39 is 0 Å². The van der Waals surface area contributed by atoms with Crippen LogP contribution in [-0.2, 0) is 6.42 Å². The summed E-state index contributed by atoms with van der Waals surface area (Å²) in [6, 6.07) is 0. The molecular formula is C10H11NOS. The Morgan fingerprint density at radius 3 is 2.77 bits per heavy atom. The number of carbonyl (C=O) groups excluding carboxylic acids is 1. The van der Waals surface area contributed by atoms with Crippen LogP contribution in [0.15, 0.2) is 6.58 Å². The Morgan fingerprint density at radius 1 is 1.46 bits per heavy atom. The third-order valence-electron chi connectivity index (χ3n) is 2.27. The minimum absolute atomic E-state index is 0.00782. The Balaban J connectivity index is 2.71. The second-order valence-corrected chi connectivity index (χ2v) is 4.43. The highest BCUT2D eigenvalue weighted by atomic mass is 32.1. The van der Waals surface area contributed by atoms with Gasteiger partial charge in [0.15, 0.2) is 0 Å². The summed E-state index contributed by atoms with van der Waals surface area (Å²) in [6.45, 7) is 7.93. The summed E-state index contributed by atoms with van der Waals surface area (Å²) in [5.74, 6) is 0.00782. The van der Waals surface area contributed by atoms with Gasteiger partial charge in [-0.25, -0.2) is 0 Å². The molecular weight excluding hydrogens is 182 g/mol. The van der Waals surface area contributed by atoms with E-state index in [9.17, 15) is 4.79 Å². The summed E-state index contributed by atoms with van der Waals surface area (Å²) >= 11 is 1.70. The first-order chi connectivity index (χ1) is 6.15. The summed E-state index contributed by atoms with van der Waals surface area (Å²) in [6.07, 6.45) is 0.967. The van der Waals surface area contributed by atoms with E-state index in [1.165, 1.54) is 4.88 Å². The van der Waals surface area contributed by atoms with Crippen LogP contribution in [0.4, 0.5) is 0 Å². The average Bonchev–Trinajstić information content (AvgIpc) is 2.54. The molecule has 0 unspecified atom stereocenters. The monoisotopic (exact) mass is 193 g/mol. The maximum absolute atomic E-state index is 11.5. The minimum atomic E-state index is 0.00782. The van der Waals surface area contributed by atoms with E-state index in [1.807, 2.05) is 6.92 Å². The first kappa shape index (κ1) is 8.51. The molecule has 2 nitrogen and oxygen atoms in total. The molecule has 1 aliphatic rings. The Hall–Kier alpha value is -1.09. The highest BCUT2D eigenvalue weighted by molar-refractivity contribution is 7.12. The van der Waals surface area contributed by atoms with Crippen molar-refractivity contribution in [1.29, 1.82) is 0 Å². The molecule has 1 aliphatic heterocycles. The second-order valence-electron chi connectivity index (χ2n) is 3.12. The summed E-state index contributed by atoms with van der Waals surface area (Å²) in [4.78, 5) is 13.8. The number of fused-ring (bicyclic) bond motifs is 1. The van der Waals surface area contributed by atoms with Crippen LogP contribution in [0.25, 0.3) is 5.70 Å². The van der Waals surface area contributed by atoms with Gasteiger partial charge in [-0.2, -0.15) is 0 Å². The molecule has 1 amide bonds. The molecule has 0 saturated carbocycles. The van der Waals surface area contributed by atoms with Crippen LogP contribution in [-0.4, -0.2) is 5.91 Å². The first-order valence-corrected chi connectivity index (χ1v) is 5.09. The van der Waals surface area contributed by atoms with Crippen molar-refractivity contribution in [1.82, 2.24) is 5.32 Å². The normalized spacial score (nSPS) is 14.6. The van der Waals surface area contributed by atoms with Crippen LogP contribution in [0.5, 0.6) is 0 Å². The Kier molecular flexibility index (Phi) is 1.77. The lowest BCUT2D eigenvalue weighted by Gasteiger charge is -1.97. The van der Waals surface area contributed by atoms with Crippen LogP contribution >= 0.6 is 11.3 Å². The van der Waals surface area contributed by atoms with E-state index >= 15 is 0 Å². The van der Waals surface area contributed by atoms with E-state index in [0.717, 1.165) is 28.1 Å².